The molecule has 0 aliphatic heterocycles. The van der Waals surface area contributed by atoms with Gasteiger partial charge in [-0.05, 0) is 36.4 Å². The average Bonchev–Trinajstić information content (AvgIpc) is 3.30. The molecule has 0 radical (unpaired) electrons. The molecule has 0 saturated heterocycles. The zero-order chi connectivity index (χ0) is 17.7. The van der Waals surface area contributed by atoms with Crippen molar-refractivity contribution in [3.8, 4) is 11.4 Å². The molecule has 26 heavy (non-hydrogen) atoms. The number of nitrogens with zero attached hydrogens (tertiary/aromatic N) is 4. The monoisotopic (exact) mass is 364 g/mol. The Kier molecular flexibility index (Phi) is 3.39. The first-order valence-electron chi connectivity index (χ1n) is 8.26. The first kappa shape index (κ1) is 15.3. The van der Waals surface area contributed by atoms with Gasteiger partial charge in [0.05, 0.1) is 17.5 Å². The summed E-state index contributed by atoms with van der Waals surface area (Å²) >= 11 is 5.93. The minimum Gasteiger partial charge on any atom is -0.469 e. The molecule has 1 aromatic carbocycles. The standard InChI is InChI=1S/C19H13ClN4O2/c20-13-5-3-11(4-6-13)18-22-19-21-15-8-12(17-2-1-7-26-17)9-16(25)14(15)10-24(19)23-18/h1-7,10,12H,8-9H2. The van der Waals surface area contributed by atoms with E-state index in [0.29, 0.717) is 35.0 Å². The molecule has 0 spiro atoms. The van der Waals surface area contributed by atoms with Crippen molar-refractivity contribution in [2.45, 2.75) is 18.8 Å². The topological polar surface area (TPSA) is 73.3 Å². The number of Topliss-reactive ketones (excluding diaryl/α,β-unsaturated/α-hetero) is 1. The van der Waals surface area contributed by atoms with Crippen LogP contribution >= 0.6 is 11.6 Å². The molecule has 0 fully saturated rings. The Morgan fingerprint density at radius 2 is 1.96 bits per heavy atom. The van der Waals surface area contributed by atoms with Crippen molar-refractivity contribution in [1.82, 2.24) is 19.6 Å². The van der Waals surface area contributed by atoms with Crippen LogP contribution < -0.4 is 0 Å². The van der Waals surface area contributed by atoms with Gasteiger partial charge in [0.2, 0.25) is 0 Å². The molecule has 0 amide bonds. The molecule has 0 bridgehead atoms. The van der Waals surface area contributed by atoms with Crippen molar-refractivity contribution < 1.29 is 9.21 Å². The smallest absolute Gasteiger partial charge is 0.252 e. The van der Waals surface area contributed by atoms with Gasteiger partial charge in [0, 0.05) is 35.5 Å². The molecule has 0 N–H and O–H groups in total. The van der Waals surface area contributed by atoms with Gasteiger partial charge in [-0.3, -0.25) is 4.79 Å². The van der Waals surface area contributed by atoms with Crippen LogP contribution in [0, 0.1) is 0 Å². The highest BCUT2D eigenvalue weighted by atomic mass is 35.5. The van der Waals surface area contributed by atoms with Crippen LogP contribution in [0.4, 0.5) is 0 Å². The second kappa shape index (κ2) is 5.78. The number of benzene rings is 1. The summed E-state index contributed by atoms with van der Waals surface area (Å²) in [5.41, 5.74) is 2.19. The van der Waals surface area contributed by atoms with Gasteiger partial charge in [-0.1, -0.05) is 11.6 Å². The van der Waals surface area contributed by atoms with Crippen LogP contribution in [0.3, 0.4) is 0 Å². The SMILES string of the molecule is O=C1CC(c2ccco2)Cc2nc3nc(-c4ccc(Cl)cc4)nn3cc21. The lowest BCUT2D eigenvalue weighted by atomic mass is 9.85. The van der Waals surface area contributed by atoms with Gasteiger partial charge in [0.15, 0.2) is 11.6 Å². The molecule has 0 saturated carbocycles. The predicted molar refractivity (Wildman–Crippen MR) is 95.3 cm³/mol. The summed E-state index contributed by atoms with van der Waals surface area (Å²) in [7, 11) is 0. The maximum Gasteiger partial charge on any atom is 0.252 e. The maximum atomic E-state index is 12.6. The summed E-state index contributed by atoms with van der Waals surface area (Å²) in [6, 6.07) is 11.0. The number of halogens is 1. The fourth-order valence-electron chi connectivity index (χ4n) is 3.33. The van der Waals surface area contributed by atoms with E-state index < -0.39 is 0 Å². The summed E-state index contributed by atoms with van der Waals surface area (Å²) in [4.78, 5) is 21.7. The Morgan fingerprint density at radius 1 is 1.12 bits per heavy atom. The average molecular weight is 365 g/mol. The minimum absolute atomic E-state index is 0.0126. The largest absolute Gasteiger partial charge is 0.469 e. The number of carbonyl (C=O) groups excluding carboxylic acids is 1. The number of fused-ring (bicyclic) bond motifs is 2. The van der Waals surface area contributed by atoms with Crippen molar-refractivity contribution in [3.05, 3.63) is 70.9 Å². The van der Waals surface area contributed by atoms with Gasteiger partial charge in [-0.15, -0.1) is 5.10 Å². The predicted octanol–water partition coefficient (Wildman–Crippen LogP) is 3.95. The van der Waals surface area contributed by atoms with Crippen LogP contribution in [0.25, 0.3) is 17.2 Å². The van der Waals surface area contributed by atoms with E-state index in [1.807, 2.05) is 24.3 Å². The minimum atomic E-state index is 0.0126. The number of furan rings is 1. The maximum absolute atomic E-state index is 12.6. The molecule has 3 heterocycles. The van der Waals surface area contributed by atoms with Crippen LogP contribution in [0.15, 0.2) is 53.3 Å². The first-order chi connectivity index (χ1) is 12.7. The van der Waals surface area contributed by atoms with Gasteiger partial charge in [-0.25, -0.2) is 9.50 Å². The van der Waals surface area contributed by atoms with Crippen LogP contribution in [0.5, 0.6) is 0 Å². The number of rotatable bonds is 2. The highest BCUT2D eigenvalue weighted by Gasteiger charge is 2.30. The van der Waals surface area contributed by atoms with E-state index in [-0.39, 0.29) is 11.7 Å². The van der Waals surface area contributed by atoms with Gasteiger partial charge in [-0.2, -0.15) is 4.98 Å². The molecule has 5 rings (SSSR count). The zero-order valence-electron chi connectivity index (χ0n) is 13.6. The van der Waals surface area contributed by atoms with Gasteiger partial charge >= 0.3 is 0 Å². The summed E-state index contributed by atoms with van der Waals surface area (Å²) in [5, 5.41) is 5.11. The second-order valence-corrected chi connectivity index (χ2v) is 6.77. The van der Waals surface area contributed by atoms with E-state index in [0.717, 1.165) is 17.0 Å². The molecule has 4 aromatic rings. The molecule has 1 aliphatic rings. The van der Waals surface area contributed by atoms with Gasteiger partial charge in [0.25, 0.3) is 5.78 Å². The quantitative estimate of drug-likeness (QED) is 0.538. The summed E-state index contributed by atoms with van der Waals surface area (Å²) in [5.74, 6) is 1.89. The van der Waals surface area contributed by atoms with E-state index in [1.54, 1.807) is 29.1 Å². The molecule has 3 aromatic heterocycles. The van der Waals surface area contributed by atoms with Crippen LogP contribution in [-0.4, -0.2) is 25.4 Å². The Hall–Kier alpha value is -2.99. The Morgan fingerprint density at radius 3 is 2.73 bits per heavy atom. The third kappa shape index (κ3) is 2.50. The molecule has 128 valence electrons. The van der Waals surface area contributed by atoms with Crippen molar-refractivity contribution in [3.63, 3.8) is 0 Å². The molecular formula is C19H13ClN4O2. The Labute approximate surface area is 153 Å². The van der Waals surface area contributed by atoms with E-state index in [9.17, 15) is 4.79 Å². The Balaban J connectivity index is 1.57. The normalized spacial score (nSPS) is 16.8. The summed E-state index contributed by atoms with van der Waals surface area (Å²) in [6.45, 7) is 0. The van der Waals surface area contributed by atoms with Crippen molar-refractivity contribution in [2.24, 2.45) is 0 Å². The molecule has 7 heteroatoms. The fraction of sp³-hybridized carbons (Fsp3) is 0.158. The molecule has 6 nitrogen and oxygen atoms in total. The highest BCUT2D eigenvalue weighted by molar-refractivity contribution is 6.30. The second-order valence-electron chi connectivity index (χ2n) is 6.33. The Bertz CT molecular complexity index is 1120. The van der Waals surface area contributed by atoms with E-state index in [4.69, 9.17) is 16.0 Å². The molecule has 1 unspecified atom stereocenters. The number of carbonyl (C=O) groups is 1. The number of aromatic nitrogens is 4. The van der Waals surface area contributed by atoms with Crippen molar-refractivity contribution in [2.75, 3.05) is 0 Å². The lowest BCUT2D eigenvalue weighted by molar-refractivity contribution is 0.0958. The van der Waals surface area contributed by atoms with Crippen molar-refractivity contribution in [1.29, 1.82) is 0 Å². The van der Waals surface area contributed by atoms with E-state index >= 15 is 0 Å². The van der Waals surface area contributed by atoms with E-state index in [1.165, 1.54) is 0 Å². The zero-order valence-corrected chi connectivity index (χ0v) is 14.3. The highest BCUT2D eigenvalue weighted by Crippen LogP contribution is 2.32. The summed E-state index contributed by atoms with van der Waals surface area (Å²) in [6.07, 6.45) is 4.41. The molecular weight excluding hydrogens is 352 g/mol. The number of hydrogen-bond acceptors (Lipinski definition) is 5. The molecule has 1 atom stereocenters. The van der Waals surface area contributed by atoms with Crippen molar-refractivity contribution >= 4 is 23.2 Å². The van der Waals surface area contributed by atoms with E-state index in [2.05, 4.69) is 15.1 Å². The number of hydrogen-bond donors (Lipinski definition) is 0. The van der Waals surface area contributed by atoms with Crippen LogP contribution in [0.2, 0.25) is 5.02 Å². The lowest BCUT2D eigenvalue weighted by Gasteiger charge is -2.20. The first-order valence-corrected chi connectivity index (χ1v) is 8.64. The number of ketones is 1. The third-order valence-corrected chi connectivity index (χ3v) is 4.88. The fourth-order valence-corrected chi connectivity index (χ4v) is 3.46. The van der Waals surface area contributed by atoms with Gasteiger partial charge < -0.3 is 4.42 Å². The lowest BCUT2D eigenvalue weighted by Crippen LogP contribution is -2.21. The third-order valence-electron chi connectivity index (χ3n) is 4.63. The van der Waals surface area contributed by atoms with Crippen LogP contribution in [0.1, 0.15) is 34.2 Å². The van der Waals surface area contributed by atoms with Gasteiger partial charge in [0.1, 0.15) is 5.76 Å². The van der Waals surface area contributed by atoms with Crippen LogP contribution in [-0.2, 0) is 6.42 Å². The molecule has 1 aliphatic carbocycles. The summed E-state index contributed by atoms with van der Waals surface area (Å²) < 4.78 is 7.03.